The molecule has 0 heterocycles. The molecule has 2 aromatic carbocycles. The zero-order valence-corrected chi connectivity index (χ0v) is 17.5. The van der Waals surface area contributed by atoms with Crippen molar-refractivity contribution in [1.29, 1.82) is 0 Å². The van der Waals surface area contributed by atoms with Gasteiger partial charge < -0.3 is 9.47 Å². The zero-order valence-electron chi connectivity index (χ0n) is 16.7. The number of carbonyl (C=O) groups excluding carboxylic acids is 1. The van der Waals surface area contributed by atoms with Crippen LogP contribution < -0.4 is 10.2 Å². The van der Waals surface area contributed by atoms with Crippen LogP contribution in [0.5, 0.6) is 5.75 Å². The fourth-order valence-corrected chi connectivity index (χ4v) is 2.48. The van der Waals surface area contributed by atoms with Gasteiger partial charge in [0.25, 0.3) is 0 Å². The van der Waals surface area contributed by atoms with Gasteiger partial charge in [0.2, 0.25) is 0 Å². The molecule has 2 rings (SSSR count). The van der Waals surface area contributed by atoms with Crippen molar-refractivity contribution in [2.75, 3.05) is 6.61 Å². The second kappa shape index (κ2) is 10.3. The number of hydrogen-bond donors (Lipinski definition) is 1. The molecular weight excluding hydrogens is 485 g/mol. The number of alkyl halides is 7. The number of carbonyl (C=O) groups is 1. The molecule has 180 valence electrons. The van der Waals surface area contributed by atoms with Gasteiger partial charge in [-0.2, -0.15) is 35.8 Å². The average Bonchev–Trinajstić information content (AvgIpc) is 2.72. The topological polar surface area (TPSA) is 59.9 Å². The first kappa shape index (κ1) is 26.2. The summed E-state index contributed by atoms with van der Waals surface area (Å²) in [6.45, 7) is 1.80. The van der Waals surface area contributed by atoms with Gasteiger partial charge in [0.05, 0.1) is 18.4 Å². The normalized spacial score (nSPS) is 12.6. The van der Waals surface area contributed by atoms with Crippen molar-refractivity contribution in [3.63, 3.8) is 0 Å². The van der Waals surface area contributed by atoms with E-state index in [0.29, 0.717) is 22.8 Å². The van der Waals surface area contributed by atoms with Crippen LogP contribution in [0.3, 0.4) is 0 Å². The lowest BCUT2D eigenvalue weighted by molar-refractivity contribution is -0.361. The maximum absolute atomic E-state index is 13.3. The van der Waals surface area contributed by atoms with Gasteiger partial charge in [-0.1, -0.05) is 23.7 Å². The molecule has 0 unspecified atom stereocenters. The molecule has 0 saturated carbocycles. The molecule has 13 heteroatoms. The first-order valence-electron chi connectivity index (χ1n) is 9.09. The SMILES string of the molecule is CCOC(=O)c1ccc(COc2ccc(Cl)cc2/C=N\NC(F)(F)C(F)(F)C(F)(F)F)cc1. The Kier molecular flexibility index (Phi) is 8.17. The van der Waals surface area contributed by atoms with Crippen LogP contribution >= 0.6 is 11.6 Å². The Balaban J connectivity index is 2.12. The lowest BCUT2D eigenvalue weighted by Gasteiger charge is -2.27. The molecule has 0 bridgehead atoms. The lowest BCUT2D eigenvalue weighted by atomic mass is 10.1. The Bertz CT molecular complexity index is 996. The van der Waals surface area contributed by atoms with Crippen LogP contribution in [0.1, 0.15) is 28.4 Å². The van der Waals surface area contributed by atoms with E-state index in [4.69, 9.17) is 21.1 Å². The summed E-state index contributed by atoms with van der Waals surface area (Å²) in [6, 6.07) is 4.28. The van der Waals surface area contributed by atoms with E-state index in [-0.39, 0.29) is 29.5 Å². The molecule has 0 aromatic heterocycles. The molecule has 0 fully saturated rings. The van der Waals surface area contributed by atoms with Gasteiger partial charge in [0.1, 0.15) is 12.4 Å². The number of nitrogens with zero attached hydrogens (tertiary/aromatic N) is 1. The molecule has 0 aliphatic rings. The molecule has 2 aromatic rings. The summed E-state index contributed by atoms with van der Waals surface area (Å²) in [5, 5.41) is 2.90. The van der Waals surface area contributed by atoms with Crippen LogP contribution in [-0.2, 0) is 11.3 Å². The third-order valence-corrected chi connectivity index (χ3v) is 4.23. The number of ether oxygens (including phenoxy) is 2. The molecule has 0 radical (unpaired) electrons. The van der Waals surface area contributed by atoms with Crippen molar-refractivity contribution >= 4 is 23.8 Å². The summed E-state index contributed by atoms with van der Waals surface area (Å²) in [5.41, 5.74) is 1.35. The van der Waals surface area contributed by atoms with Gasteiger partial charge in [0.15, 0.2) is 0 Å². The van der Waals surface area contributed by atoms with Crippen LogP contribution in [0.2, 0.25) is 5.02 Å². The largest absolute Gasteiger partial charge is 0.488 e. The monoisotopic (exact) mass is 500 g/mol. The second-order valence-electron chi connectivity index (χ2n) is 6.40. The van der Waals surface area contributed by atoms with Crippen LogP contribution in [0.15, 0.2) is 47.6 Å². The Morgan fingerprint density at radius 3 is 2.27 bits per heavy atom. The highest BCUT2D eigenvalue weighted by Gasteiger charge is 2.73. The van der Waals surface area contributed by atoms with E-state index in [1.54, 1.807) is 19.1 Å². The first-order valence-corrected chi connectivity index (χ1v) is 9.47. The van der Waals surface area contributed by atoms with E-state index in [2.05, 4.69) is 5.10 Å². The summed E-state index contributed by atoms with van der Waals surface area (Å²) >= 11 is 5.81. The first-order chi connectivity index (χ1) is 15.3. The van der Waals surface area contributed by atoms with Gasteiger partial charge in [-0.05, 0) is 42.8 Å². The number of nitrogens with one attached hydrogen (secondary N) is 1. The Morgan fingerprint density at radius 2 is 1.70 bits per heavy atom. The number of halogens is 8. The molecule has 33 heavy (non-hydrogen) atoms. The number of rotatable bonds is 9. The van der Waals surface area contributed by atoms with Crippen molar-refractivity contribution < 1.29 is 45.0 Å². The maximum atomic E-state index is 13.3. The van der Waals surface area contributed by atoms with Crippen LogP contribution in [0.25, 0.3) is 0 Å². The minimum atomic E-state index is -6.49. The van der Waals surface area contributed by atoms with Gasteiger partial charge in [-0.25, -0.2) is 10.2 Å². The standard InChI is InChI=1S/C20H16ClF7N2O3/c1-2-32-17(31)13-5-3-12(4-6-13)11-33-16-8-7-15(21)9-14(16)10-29-30-20(27,28)18(22,23)19(24,25)26/h3-10,30H,2,11H2,1H3/b29-10-. The van der Waals surface area contributed by atoms with E-state index in [9.17, 15) is 35.5 Å². The van der Waals surface area contributed by atoms with Gasteiger partial charge in [0, 0.05) is 10.6 Å². The van der Waals surface area contributed by atoms with Crippen molar-refractivity contribution in [3.8, 4) is 5.75 Å². The zero-order chi connectivity index (χ0) is 24.9. The molecule has 0 amide bonds. The molecule has 0 saturated heterocycles. The fraction of sp³-hybridized carbons (Fsp3) is 0.300. The average molecular weight is 501 g/mol. The fourth-order valence-electron chi connectivity index (χ4n) is 2.30. The highest BCUT2D eigenvalue weighted by Crippen LogP contribution is 2.45. The van der Waals surface area contributed by atoms with E-state index in [0.717, 1.165) is 0 Å². The van der Waals surface area contributed by atoms with Crippen LogP contribution in [0, 0.1) is 0 Å². The molecule has 0 aliphatic carbocycles. The van der Waals surface area contributed by atoms with E-state index < -0.39 is 24.1 Å². The van der Waals surface area contributed by atoms with E-state index >= 15 is 0 Å². The van der Waals surface area contributed by atoms with Crippen molar-refractivity contribution in [2.24, 2.45) is 5.10 Å². The lowest BCUT2D eigenvalue weighted by Crippen LogP contribution is -2.58. The van der Waals surface area contributed by atoms with Gasteiger partial charge in [-0.15, -0.1) is 0 Å². The Morgan fingerprint density at radius 1 is 1.06 bits per heavy atom. The minimum Gasteiger partial charge on any atom is -0.488 e. The number of hydrazone groups is 1. The number of esters is 1. The number of benzene rings is 2. The number of hydrogen-bond acceptors (Lipinski definition) is 5. The smallest absolute Gasteiger partial charge is 0.462 e. The Labute approximate surface area is 188 Å². The summed E-state index contributed by atoms with van der Waals surface area (Å²) in [5.74, 6) is -6.85. The van der Waals surface area contributed by atoms with Crippen molar-refractivity contribution in [1.82, 2.24) is 5.43 Å². The van der Waals surface area contributed by atoms with Crippen LogP contribution in [0.4, 0.5) is 30.7 Å². The highest BCUT2D eigenvalue weighted by molar-refractivity contribution is 6.30. The molecule has 1 N–H and O–H groups in total. The summed E-state index contributed by atoms with van der Waals surface area (Å²) in [4.78, 5) is 11.7. The minimum absolute atomic E-state index is 0.0188. The molecule has 0 atom stereocenters. The summed E-state index contributed by atoms with van der Waals surface area (Å²) in [6.07, 6.45) is -5.93. The van der Waals surface area contributed by atoms with Gasteiger partial charge >= 0.3 is 24.1 Å². The van der Waals surface area contributed by atoms with E-state index in [1.807, 2.05) is 0 Å². The third-order valence-electron chi connectivity index (χ3n) is 3.99. The molecule has 5 nitrogen and oxygen atoms in total. The molecule has 0 spiro atoms. The summed E-state index contributed by atoms with van der Waals surface area (Å²) < 4.78 is 99.4. The Hall–Kier alpha value is -3.02. The van der Waals surface area contributed by atoms with Crippen molar-refractivity contribution in [2.45, 2.75) is 31.7 Å². The van der Waals surface area contributed by atoms with Crippen molar-refractivity contribution in [3.05, 3.63) is 64.2 Å². The summed E-state index contributed by atoms with van der Waals surface area (Å²) in [7, 11) is 0. The van der Waals surface area contributed by atoms with Gasteiger partial charge in [-0.3, -0.25) is 0 Å². The molecular formula is C20H16ClF7N2O3. The van der Waals surface area contributed by atoms with Crippen LogP contribution in [-0.4, -0.2) is 36.9 Å². The highest BCUT2D eigenvalue weighted by atomic mass is 35.5. The predicted octanol–water partition coefficient (Wildman–Crippen LogP) is 5.81. The molecule has 0 aliphatic heterocycles. The maximum Gasteiger partial charge on any atom is 0.462 e. The third kappa shape index (κ3) is 6.50. The second-order valence-corrected chi connectivity index (χ2v) is 6.84. The van der Waals surface area contributed by atoms with E-state index in [1.165, 1.54) is 30.3 Å². The quantitative estimate of drug-likeness (QED) is 0.155. The predicted molar refractivity (Wildman–Crippen MR) is 105 cm³/mol.